The largest absolute Gasteiger partial charge is 0.364 e. The standard InChI is InChI=1S/C35H49N/c1-25(2)20-26(3)36(31-18-16-29(17-19-31)21-28-14-12-11-13-15-28)24-30-22-32(34(5,6)7)27(4)33(23-30)35(8,9)10/h11-19,22-23,25-26H,20-21,24H2,1-10H3. The van der Waals surface area contributed by atoms with Gasteiger partial charge in [-0.15, -0.1) is 0 Å². The molecule has 0 amide bonds. The minimum Gasteiger partial charge on any atom is -0.364 e. The van der Waals surface area contributed by atoms with Crippen molar-refractivity contribution in [3.8, 4) is 0 Å². The maximum Gasteiger partial charge on any atom is 0.0432 e. The van der Waals surface area contributed by atoms with Crippen LogP contribution in [0.25, 0.3) is 0 Å². The predicted octanol–water partition coefficient (Wildman–Crippen LogP) is 9.62. The molecular weight excluding hydrogens is 434 g/mol. The molecule has 0 aromatic heterocycles. The van der Waals surface area contributed by atoms with Crippen LogP contribution in [0.2, 0.25) is 0 Å². The number of nitrogens with zero attached hydrogens (tertiary/aromatic N) is 1. The second-order valence-corrected chi connectivity index (χ2v) is 13.3. The summed E-state index contributed by atoms with van der Waals surface area (Å²) in [6.45, 7) is 24.4. The molecule has 194 valence electrons. The third kappa shape index (κ3) is 7.25. The summed E-state index contributed by atoms with van der Waals surface area (Å²) in [4.78, 5) is 2.62. The van der Waals surface area contributed by atoms with Crippen LogP contribution >= 0.6 is 0 Å². The van der Waals surface area contributed by atoms with Crippen molar-refractivity contribution in [1.82, 2.24) is 0 Å². The Balaban J connectivity index is 1.99. The average molecular weight is 484 g/mol. The smallest absolute Gasteiger partial charge is 0.0432 e. The average Bonchev–Trinajstić information content (AvgIpc) is 2.77. The highest BCUT2D eigenvalue weighted by molar-refractivity contribution is 5.51. The summed E-state index contributed by atoms with van der Waals surface area (Å²) in [5.74, 6) is 0.660. The number of hydrogen-bond acceptors (Lipinski definition) is 1. The van der Waals surface area contributed by atoms with Crippen LogP contribution in [-0.2, 0) is 23.8 Å². The number of hydrogen-bond donors (Lipinski definition) is 0. The van der Waals surface area contributed by atoms with Crippen molar-refractivity contribution in [3.05, 3.63) is 100 Å². The van der Waals surface area contributed by atoms with Crippen LogP contribution < -0.4 is 4.90 Å². The van der Waals surface area contributed by atoms with Gasteiger partial charge in [-0.1, -0.05) is 110 Å². The Kier molecular flexibility index (Phi) is 8.75. The van der Waals surface area contributed by atoms with Crippen molar-refractivity contribution in [2.24, 2.45) is 5.92 Å². The molecule has 0 saturated heterocycles. The highest BCUT2D eigenvalue weighted by atomic mass is 15.2. The van der Waals surface area contributed by atoms with Crippen LogP contribution in [0.1, 0.15) is 102 Å². The van der Waals surface area contributed by atoms with E-state index in [9.17, 15) is 0 Å². The maximum atomic E-state index is 2.62. The van der Waals surface area contributed by atoms with Crippen LogP contribution in [0.4, 0.5) is 5.69 Å². The minimum atomic E-state index is 0.119. The molecule has 1 heteroatoms. The normalized spacial score (nSPS) is 13.2. The van der Waals surface area contributed by atoms with Crippen LogP contribution in [-0.4, -0.2) is 6.04 Å². The lowest BCUT2D eigenvalue weighted by Crippen LogP contribution is -2.34. The zero-order chi connectivity index (χ0) is 26.7. The van der Waals surface area contributed by atoms with Crippen LogP contribution in [0.5, 0.6) is 0 Å². The fourth-order valence-electron chi connectivity index (χ4n) is 5.57. The van der Waals surface area contributed by atoms with E-state index >= 15 is 0 Å². The van der Waals surface area contributed by atoms with Gasteiger partial charge < -0.3 is 4.90 Å². The second kappa shape index (κ2) is 11.2. The quantitative estimate of drug-likeness (QED) is 0.308. The van der Waals surface area contributed by atoms with E-state index in [0.29, 0.717) is 12.0 Å². The molecule has 1 unspecified atom stereocenters. The molecule has 3 aromatic carbocycles. The third-order valence-electron chi connectivity index (χ3n) is 7.30. The Morgan fingerprint density at radius 1 is 0.667 bits per heavy atom. The lowest BCUT2D eigenvalue weighted by molar-refractivity contribution is 0.485. The molecule has 3 aromatic rings. The van der Waals surface area contributed by atoms with E-state index in [2.05, 4.69) is 141 Å². The van der Waals surface area contributed by atoms with E-state index in [1.54, 1.807) is 0 Å². The molecule has 36 heavy (non-hydrogen) atoms. The van der Waals surface area contributed by atoms with Gasteiger partial charge in [0.15, 0.2) is 0 Å². The van der Waals surface area contributed by atoms with Gasteiger partial charge in [-0.25, -0.2) is 0 Å². The number of anilines is 1. The number of benzene rings is 3. The fraction of sp³-hybridized carbons (Fsp3) is 0.486. The van der Waals surface area contributed by atoms with E-state index in [-0.39, 0.29) is 10.8 Å². The summed E-state index contributed by atoms with van der Waals surface area (Å²) in [5, 5.41) is 0. The van der Waals surface area contributed by atoms with E-state index in [4.69, 9.17) is 0 Å². The highest BCUT2D eigenvalue weighted by Crippen LogP contribution is 2.36. The van der Waals surface area contributed by atoms with Crippen LogP contribution in [0.3, 0.4) is 0 Å². The Morgan fingerprint density at radius 2 is 1.17 bits per heavy atom. The van der Waals surface area contributed by atoms with Crippen molar-refractivity contribution in [3.63, 3.8) is 0 Å². The van der Waals surface area contributed by atoms with E-state index in [0.717, 1.165) is 13.0 Å². The summed E-state index contributed by atoms with van der Waals surface area (Å²) in [7, 11) is 0. The third-order valence-corrected chi connectivity index (χ3v) is 7.30. The highest BCUT2D eigenvalue weighted by Gasteiger charge is 2.25. The van der Waals surface area contributed by atoms with Crippen molar-refractivity contribution < 1.29 is 0 Å². The molecule has 1 nitrogen and oxygen atoms in total. The van der Waals surface area contributed by atoms with Crippen molar-refractivity contribution in [2.75, 3.05) is 4.90 Å². The number of rotatable bonds is 8. The van der Waals surface area contributed by atoms with Crippen LogP contribution in [0, 0.1) is 12.8 Å². The SMILES string of the molecule is Cc1c(C(C)(C)C)cc(CN(c2ccc(Cc3ccccc3)cc2)C(C)CC(C)C)cc1C(C)(C)C. The Morgan fingerprint density at radius 3 is 1.64 bits per heavy atom. The monoisotopic (exact) mass is 483 g/mol. The van der Waals surface area contributed by atoms with Gasteiger partial charge >= 0.3 is 0 Å². The molecule has 0 spiro atoms. The first kappa shape index (κ1) is 28.0. The molecule has 0 heterocycles. The zero-order valence-electron chi connectivity index (χ0n) is 24.6. The van der Waals surface area contributed by atoms with Crippen molar-refractivity contribution in [1.29, 1.82) is 0 Å². The molecule has 0 bridgehead atoms. The lowest BCUT2D eigenvalue weighted by Gasteiger charge is -2.35. The summed E-state index contributed by atoms with van der Waals surface area (Å²) in [5.41, 5.74) is 10.1. The van der Waals surface area contributed by atoms with E-state index in [1.807, 2.05) is 0 Å². The maximum absolute atomic E-state index is 2.62. The molecule has 0 N–H and O–H groups in total. The molecule has 0 aliphatic carbocycles. The van der Waals surface area contributed by atoms with E-state index < -0.39 is 0 Å². The van der Waals surface area contributed by atoms with Gasteiger partial charge in [-0.2, -0.15) is 0 Å². The zero-order valence-corrected chi connectivity index (χ0v) is 24.6. The first-order valence-electron chi connectivity index (χ1n) is 13.8. The summed E-state index contributed by atoms with van der Waals surface area (Å²) in [6, 6.07) is 25.5. The van der Waals surface area contributed by atoms with E-state index in [1.165, 1.54) is 45.5 Å². The van der Waals surface area contributed by atoms with Crippen molar-refractivity contribution in [2.45, 2.75) is 105 Å². The topological polar surface area (TPSA) is 3.24 Å². The van der Waals surface area contributed by atoms with Gasteiger partial charge in [0.05, 0.1) is 0 Å². The second-order valence-electron chi connectivity index (χ2n) is 13.3. The molecule has 1 atom stereocenters. The van der Waals surface area contributed by atoms with Crippen LogP contribution in [0.15, 0.2) is 66.7 Å². The Bertz CT molecular complexity index is 1070. The molecule has 0 radical (unpaired) electrons. The molecule has 0 aliphatic heterocycles. The molecule has 0 saturated carbocycles. The van der Waals surface area contributed by atoms with Crippen molar-refractivity contribution >= 4 is 5.69 Å². The van der Waals surface area contributed by atoms with Gasteiger partial charge in [0.1, 0.15) is 0 Å². The Hall–Kier alpha value is -2.54. The summed E-state index contributed by atoms with van der Waals surface area (Å²) >= 11 is 0. The van der Waals surface area contributed by atoms with Gasteiger partial charge in [-0.05, 0) is 89.0 Å². The van der Waals surface area contributed by atoms with Gasteiger partial charge in [-0.3, -0.25) is 0 Å². The Labute approximate surface area is 222 Å². The minimum absolute atomic E-state index is 0.119. The summed E-state index contributed by atoms with van der Waals surface area (Å²) in [6.07, 6.45) is 2.15. The first-order chi connectivity index (χ1) is 16.8. The summed E-state index contributed by atoms with van der Waals surface area (Å²) < 4.78 is 0. The molecular formula is C35H49N. The molecule has 3 rings (SSSR count). The lowest BCUT2D eigenvalue weighted by atomic mass is 9.75. The fourth-order valence-corrected chi connectivity index (χ4v) is 5.57. The van der Waals surface area contributed by atoms with Gasteiger partial charge in [0, 0.05) is 18.3 Å². The predicted molar refractivity (Wildman–Crippen MR) is 159 cm³/mol. The first-order valence-corrected chi connectivity index (χ1v) is 13.8. The van der Waals surface area contributed by atoms with Gasteiger partial charge in [0.25, 0.3) is 0 Å². The van der Waals surface area contributed by atoms with Gasteiger partial charge in [0.2, 0.25) is 0 Å². The molecule has 0 fully saturated rings. The molecule has 0 aliphatic rings.